The van der Waals surface area contributed by atoms with Crippen LogP contribution in [0.15, 0.2) is 91.0 Å². The van der Waals surface area contributed by atoms with Gasteiger partial charge in [0.15, 0.2) is 0 Å². The molecule has 31 heavy (non-hydrogen) atoms. The molecule has 0 aliphatic heterocycles. The van der Waals surface area contributed by atoms with Gasteiger partial charge in [0.2, 0.25) is 0 Å². The Morgan fingerprint density at radius 3 is 0.968 bits per heavy atom. The topological polar surface area (TPSA) is 81.3 Å². The number of hydrogen-bond donors (Lipinski definition) is 3. The molecule has 3 aromatic rings. The fraction of sp³-hybridized carbons (Fsp3) is 0.333. The molecule has 3 aromatic carbocycles. The first-order valence-corrected chi connectivity index (χ1v) is 11.2. The molecule has 0 fully saturated rings. The fourth-order valence-corrected chi connectivity index (χ4v) is 4.16. The molecule has 3 unspecified atom stereocenters. The first-order valence-electron chi connectivity index (χ1n) is 11.2. The normalized spacial score (nSPS) is 14.3. The predicted octanol–water partition coefficient (Wildman–Crippen LogP) is 3.00. The summed E-state index contributed by atoms with van der Waals surface area (Å²) in [6.45, 7) is 2.33. The average Bonchev–Trinajstić information content (AvgIpc) is 2.75. The molecule has 0 radical (unpaired) electrons. The molecule has 3 rings (SSSR count). The molecule has 0 heterocycles. The first-order chi connectivity index (χ1) is 15.1. The van der Waals surface area contributed by atoms with E-state index in [1.807, 2.05) is 18.2 Å². The lowest BCUT2D eigenvalue weighted by Gasteiger charge is -2.30. The van der Waals surface area contributed by atoms with Crippen LogP contribution in [0.3, 0.4) is 0 Å². The maximum atomic E-state index is 6.54. The summed E-state index contributed by atoms with van der Waals surface area (Å²) in [6.07, 6.45) is 2.54. The van der Waals surface area contributed by atoms with Gasteiger partial charge in [-0.2, -0.15) is 0 Å². The standard InChI is InChI=1S/C27H36N4/c28-25(16-22-10-4-1-5-11-22)19-31(20-26(29)17-23-12-6-2-7-13-23)21-27(30)18-24-14-8-3-9-15-24/h1-15,25-27H,16-21,28-30H2. The zero-order valence-electron chi connectivity index (χ0n) is 18.3. The highest BCUT2D eigenvalue weighted by Gasteiger charge is 2.18. The van der Waals surface area contributed by atoms with Crippen LogP contribution in [0, 0.1) is 0 Å². The van der Waals surface area contributed by atoms with Gasteiger partial charge >= 0.3 is 0 Å². The Morgan fingerprint density at radius 1 is 0.452 bits per heavy atom. The van der Waals surface area contributed by atoms with Gasteiger partial charge in [-0.25, -0.2) is 0 Å². The molecular formula is C27H36N4. The second-order valence-electron chi connectivity index (χ2n) is 8.57. The summed E-state index contributed by atoms with van der Waals surface area (Å²) in [7, 11) is 0. The van der Waals surface area contributed by atoms with Gasteiger partial charge in [-0.15, -0.1) is 0 Å². The monoisotopic (exact) mass is 416 g/mol. The van der Waals surface area contributed by atoms with Gasteiger partial charge in [0.25, 0.3) is 0 Å². The Bertz CT molecular complexity index is 736. The van der Waals surface area contributed by atoms with E-state index in [0.717, 1.165) is 38.9 Å². The van der Waals surface area contributed by atoms with Gasteiger partial charge in [0.1, 0.15) is 0 Å². The van der Waals surface area contributed by atoms with Crippen LogP contribution in [-0.2, 0) is 19.3 Å². The fourth-order valence-electron chi connectivity index (χ4n) is 4.16. The summed E-state index contributed by atoms with van der Waals surface area (Å²) < 4.78 is 0. The number of hydrogen-bond acceptors (Lipinski definition) is 4. The summed E-state index contributed by atoms with van der Waals surface area (Å²) in [5.41, 5.74) is 23.4. The van der Waals surface area contributed by atoms with Crippen molar-refractivity contribution < 1.29 is 0 Å². The molecule has 4 nitrogen and oxygen atoms in total. The third-order valence-electron chi connectivity index (χ3n) is 5.50. The predicted molar refractivity (Wildman–Crippen MR) is 131 cm³/mol. The van der Waals surface area contributed by atoms with Gasteiger partial charge in [0, 0.05) is 37.8 Å². The molecule has 0 saturated carbocycles. The summed E-state index contributed by atoms with van der Waals surface area (Å²) in [6, 6.07) is 31.4. The van der Waals surface area contributed by atoms with E-state index in [0.29, 0.717) is 0 Å². The Labute approximate surface area is 187 Å². The highest BCUT2D eigenvalue weighted by Crippen LogP contribution is 2.09. The van der Waals surface area contributed by atoms with Crippen molar-refractivity contribution >= 4 is 0 Å². The Kier molecular flexibility index (Phi) is 9.25. The third-order valence-corrected chi connectivity index (χ3v) is 5.50. The number of nitrogens with zero attached hydrogens (tertiary/aromatic N) is 1. The maximum Gasteiger partial charge on any atom is 0.0208 e. The van der Waals surface area contributed by atoms with Crippen molar-refractivity contribution in [1.29, 1.82) is 0 Å². The van der Waals surface area contributed by atoms with Crippen LogP contribution in [-0.4, -0.2) is 42.7 Å². The van der Waals surface area contributed by atoms with Crippen LogP contribution >= 0.6 is 0 Å². The van der Waals surface area contributed by atoms with Crippen molar-refractivity contribution in [3.63, 3.8) is 0 Å². The second kappa shape index (κ2) is 12.4. The van der Waals surface area contributed by atoms with Crippen molar-refractivity contribution in [2.45, 2.75) is 37.4 Å². The highest BCUT2D eigenvalue weighted by molar-refractivity contribution is 5.18. The van der Waals surface area contributed by atoms with E-state index in [2.05, 4.69) is 77.7 Å². The van der Waals surface area contributed by atoms with Gasteiger partial charge in [-0.05, 0) is 36.0 Å². The zero-order valence-corrected chi connectivity index (χ0v) is 18.3. The second-order valence-corrected chi connectivity index (χ2v) is 8.57. The van der Waals surface area contributed by atoms with Crippen LogP contribution in [0.25, 0.3) is 0 Å². The average molecular weight is 417 g/mol. The summed E-state index contributed by atoms with van der Waals surface area (Å²) in [5, 5.41) is 0. The van der Waals surface area contributed by atoms with E-state index in [1.54, 1.807) is 0 Å². The van der Waals surface area contributed by atoms with E-state index in [-0.39, 0.29) is 18.1 Å². The molecule has 0 aliphatic rings. The minimum atomic E-state index is 0.0373. The molecule has 3 atom stereocenters. The van der Waals surface area contributed by atoms with Crippen molar-refractivity contribution in [3.05, 3.63) is 108 Å². The lowest BCUT2D eigenvalue weighted by atomic mass is 10.0. The van der Waals surface area contributed by atoms with E-state index < -0.39 is 0 Å². The van der Waals surface area contributed by atoms with Crippen LogP contribution in [0.4, 0.5) is 0 Å². The van der Waals surface area contributed by atoms with Gasteiger partial charge in [-0.1, -0.05) is 91.0 Å². The SMILES string of the molecule is NC(Cc1ccccc1)CN(CC(N)Cc1ccccc1)CC(N)Cc1ccccc1. The Morgan fingerprint density at radius 2 is 0.710 bits per heavy atom. The van der Waals surface area contributed by atoms with Crippen LogP contribution in [0.1, 0.15) is 16.7 Å². The summed E-state index contributed by atoms with van der Waals surface area (Å²) in [5.74, 6) is 0. The number of rotatable bonds is 12. The lowest BCUT2D eigenvalue weighted by Crippen LogP contribution is -2.49. The highest BCUT2D eigenvalue weighted by atomic mass is 15.2. The van der Waals surface area contributed by atoms with Crippen molar-refractivity contribution in [3.8, 4) is 0 Å². The molecule has 0 aromatic heterocycles. The molecular weight excluding hydrogens is 380 g/mol. The van der Waals surface area contributed by atoms with E-state index in [1.165, 1.54) is 16.7 Å². The maximum absolute atomic E-state index is 6.54. The largest absolute Gasteiger partial charge is 0.326 e. The molecule has 0 bridgehead atoms. The number of benzene rings is 3. The minimum Gasteiger partial charge on any atom is -0.326 e. The summed E-state index contributed by atoms with van der Waals surface area (Å²) in [4.78, 5) is 2.36. The van der Waals surface area contributed by atoms with Gasteiger partial charge in [0.05, 0.1) is 0 Å². The van der Waals surface area contributed by atoms with Gasteiger partial charge < -0.3 is 17.2 Å². The number of nitrogens with two attached hydrogens (primary N) is 3. The molecule has 4 heteroatoms. The molecule has 6 N–H and O–H groups in total. The smallest absolute Gasteiger partial charge is 0.0208 e. The van der Waals surface area contributed by atoms with E-state index in [9.17, 15) is 0 Å². The Balaban J connectivity index is 1.60. The quantitative estimate of drug-likeness (QED) is 0.424. The van der Waals surface area contributed by atoms with Gasteiger partial charge in [-0.3, -0.25) is 4.90 Å². The van der Waals surface area contributed by atoms with Crippen LogP contribution in [0.2, 0.25) is 0 Å². The molecule has 0 saturated heterocycles. The van der Waals surface area contributed by atoms with E-state index in [4.69, 9.17) is 17.2 Å². The Hall–Kier alpha value is -2.50. The molecule has 164 valence electrons. The minimum absolute atomic E-state index is 0.0373. The first kappa shape index (κ1) is 23.2. The third kappa shape index (κ3) is 8.64. The molecule has 0 amide bonds. The van der Waals surface area contributed by atoms with Crippen molar-refractivity contribution in [1.82, 2.24) is 4.90 Å². The van der Waals surface area contributed by atoms with Crippen LogP contribution < -0.4 is 17.2 Å². The lowest BCUT2D eigenvalue weighted by molar-refractivity contribution is 0.226. The van der Waals surface area contributed by atoms with Crippen molar-refractivity contribution in [2.24, 2.45) is 17.2 Å². The zero-order chi connectivity index (χ0) is 21.9. The van der Waals surface area contributed by atoms with E-state index >= 15 is 0 Å². The summed E-state index contributed by atoms with van der Waals surface area (Å²) >= 11 is 0. The molecule has 0 aliphatic carbocycles. The van der Waals surface area contributed by atoms with Crippen LogP contribution in [0.5, 0.6) is 0 Å². The molecule has 0 spiro atoms. The van der Waals surface area contributed by atoms with Crippen molar-refractivity contribution in [2.75, 3.05) is 19.6 Å².